The molecule has 20 heavy (non-hydrogen) atoms. The zero-order valence-corrected chi connectivity index (χ0v) is 11.5. The van der Waals surface area contributed by atoms with Gasteiger partial charge in [-0.25, -0.2) is 9.78 Å². The van der Waals surface area contributed by atoms with E-state index in [0.717, 1.165) is 6.20 Å². The van der Waals surface area contributed by atoms with Crippen molar-refractivity contribution in [2.24, 2.45) is 0 Å². The average molecular weight is 338 g/mol. The number of nitrogens with one attached hydrogen (secondary N) is 1. The van der Waals surface area contributed by atoms with E-state index in [1.54, 1.807) is 12.1 Å². The maximum Gasteiger partial charge on any atom is 0.336 e. The minimum absolute atomic E-state index is 0.108. The Kier molecular flexibility index (Phi) is 3.94. The molecule has 8 heteroatoms. The minimum Gasteiger partial charge on any atom is -0.478 e. The smallest absolute Gasteiger partial charge is 0.336 e. The molecule has 1 heterocycles. The highest BCUT2D eigenvalue weighted by Gasteiger charge is 2.10. The third kappa shape index (κ3) is 3.09. The number of aromatic carboxylic acids is 1. The number of carboxylic acids is 1. The SMILES string of the molecule is O=C(O)c1cc(Nc2ccc([N+](=O)[O-])cn2)ccc1Br. The Morgan fingerprint density at radius 1 is 1.35 bits per heavy atom. The maximum atomic E-state index is 11.0. The number of pyridine rings is 1. The third-order valence-corrected chi connectivity index (χ3v) is 3.12. The van der Waals surface area contributed by atoms with Gasteiger partial charge in [-0.2, -0.15) is 0 Å². The van der Waals surface area contributed by atoms with Gasteiger partial charge in [0.2, 0.25) is 0 Å². The van der Waals surface area contributed by atoms with Crippen LogP contribution in [0.25, 0.3) is 0 Å². The van der Waals surface area contributed by atoms with Crippen molar-refractivity contribution in [2.45, 2.75) is 0 Å². The van der Waals surface area contributed by atoms with Gasteiger partial charge in [0.25, 0.3) is 5.69 Å². The summed E-state index contributed by atoms with van der Waals surface area (Å²) in [5.74, 6) is -0.675. The quantitative estimate of drug-likeness (QED) is 0.655. The van der Waals surface area contributed by atoms with Crippen LogP contribution in [-0.4, -0.2) is 21.0 Å². The summed E-state index contributed by atoms with van der Waals surface area (Å²) in [5.41, 5.74) is 0.515. The fourth-order valence-electron chi connectivity index (χ4n) is 1.48. The molecule has 1 aromatic heterocycles. The van der Waals surface area contributed by atoms with E-state index in [-0.39, 0.29) is 11.3 Å². The Bertz CT molecular complexity index is 673. The lowest BCUT2D eigenvalue weighted by Gasteiger charge is -2.07. The summed E-state index contributed by atoms with van der Waals surface area (Å²) in [4.78, 5) is 24.8. The predicted molar refractivity (Wildman–Crippen MR) is 75.3 cm³/mol. The summed E-state index contributed by atoms with van der Waals surface area (Å²) in [6.45, 7) is 0. The molecule has 0 bridgehead atoms. The van der Waals surface area contributed by atoms with Crippen molar-refractivity contribution in [2.75, 3.05) is 5.32 Å². The standard InChI is InChI=1S/C12H8BrN3O4/c13-10-3-1-7(5-9(10)12(17)18)15-11-4-2-8(6-14-11)16(19)20/h1-6H,(H,14,15)(H,17,18). The van der Waals surface area contributed by atoms with Gasteiger partial charge in [0, 0.05) is 16.2 Å². The van der Waals surface area contributed by atoms with Crippen molar-refractivity contribution < 1.29 is 14.8 Å². The molecule has 1 aromatic carbocycles. The molecule has 0 unspecified atom stereocenters. The number of nitro groups is 1. The van der Waals surface area contributed by atoms with Gasteiger partial charge in [0.15, 0.2) is 0 Å². The fourth-order valence-corrected chi connectivity index (χ4v) is 1.90. The van der Waals surface area contributed by atoms with Gasteiger partial charge in [0.1, 0.15) is 12.0 Å². The molecule has 0 atom stereocenters. The van der Waals surface area contributed by atoms with Gasteiger partial charge in [-0.15, -0.1) is 0 Å². The highest BCUT2D eigenvalue weighted by atomic mass is 79.9. The van der Waals surface area contributed by atoms with E-state index in [9.17, 15) is 14.9 Å². The lowest BCUT2D eigenvalue weighted by Crippen LogP contribution is -2.00. The first-order valence-electron chi connectivity index (χ1n) is 5.37. The first-order valence-corrected chi connectivity index (χ1v) is 6.17. The number of carbonyl (C=O) groups is 1. The van der Waals surface area contributed by atoms with Crippen LogP contribution in [0.5, 0.6) is 0 Å². The summed E-state index contributed by atoms with van der Waals surface area (Å²) in [6, 6.07) is 7.46. The molecule has 0 saturated carbocycles. The number of nitrogens with zero attached hydrogens (tertiary/aromatic N) is 2. The first kappa shape index (κ1) is 13.9. The summed E-state index contributed by atoms with van der Waals surface area (Å²) in [7, 11) is 0. The van der Waals surface area contributed by atoms with E-state index in [1.165, 1.54) is 18.2 Å². The van der Waals surface area contributed by atoms with Gasteiger partial charge in [-0.3, -0.25) is 10.1 Å². The number of rotatable bonds is 4. The monoisotopic (exact) mass is 337 g/mol. The van der Waals surface area contributed by atoms with E-state index in [0.29, 0.717) is 16.0 Å². The van der Waals surface area contributed by atoms with Gasteiger partial charge < -0.3 is 10.4 Å². The van der Waals surface area contributed by atoms with Crippen molar-refractivity contribution in [3.63, 3.8) is 0 Å². The van der Waals surface area contributed by atoms with E-state index in [1.807, 2.05) is 0 Å². The van der Waals surface area contributed by atoms with Gasteiger partial charge >= 0.3 is 5.97 Å². The summed E-state index contributed by atoms with van der Waals surface area (Å²) >= 11 is 3.14. The van der Waals surface area contributed by atoms with Crippen LogP contribution in [0.4, 0.5) is 17.2 Å². The Morgan fingerprint density at radius 2 is 2.10 bits per heavy atom. The number of halogens is 1. The molecule has 2 rings (SSSR count). The molecule has 7 nitrogen and oxygen atoms in total. The number of hydrogen-bond donors (Lipinski definition) is 2. The summed E-state index contributed by atoms with van der Waals surface area (Å²) in [6.07, 6.45) is 1.12. The molecule has 0 aliphatic carbocycles. The molecule has 102 valence electrons. The zero-order chi connectivity index (χ0) is 14.7. The third-order valence-electron chi connectivity index (χ3n) is 2.43. The van der Waals surface area contributed by atoms with Crippen molar-refractivity contribution in [3.8, 4) is 0 Å². The van der Waals surface area contributed by atoms with Gasteiger partial charge in [0.05, 0.1) is 10.5 Å². The minimum atomic E-state index is -1.06. The van der Waals surface area contributed by atoms with Crippen LogP contribution in [0.15, 0.2) is 41.0 Å². The van der Waals surface area contributed by atoms with Crippen molar-refractivity contribution in [1.82, 2.24) is 4.98 Å². The lowest BCUT2D eigenvalue weighted by atomic mass is 10.2. The maximum absolute atomic E-state index is 11.0. The second kappa shape index (κ2) is 5.66. The Balaban J connectivity index is 2.23. The van der Waals surface area contributed by atoms with Gasteiger partial charge in [-0.05, 0) is 40.2 Å². The van der Waals surface area contributed by atoms with Crippen LogP contribution in [0, 0.1) is 10.1 Å². The van der Waals surface area contributed by atoms with Gasteiger partial charge in [-0.1, -0.05) is 0 Å². The van der Waals surface area contributed by atoms with Crippen LogP contribution in [0.1, 0.15) is 10.4 Å². The number of anilines is 2. The predicted octanol–water partition coefficient (Wildman–Crippen LogP) is 3.19. The van der Waals surface area contributed by atoms with Crippen molar-refractivity contribution in [1.29, 1.82) is 0 Å². The van der Waals surface area contributed by atoms with Crippen LogP contribution < -0.4 is 5.32 Å². The normalized spacial score (nSPS) is 10.1. The summed E-state index contributed by atoms with van der Waals surface area (Å²) in [5, 5.41) is 22.4. The second-order valence-electron chi connectivity index (χ2n) is 3.78. The topological polar surface area (TPSA) is 105 Å². The number of aromatic nitrogens is 1. The van der Waals surface area contributed by atoms with Crippen LogP contribution in [-0.2, 0) is 0 Å². The molecule has 0 amide bonds. The molecule has 2 aromatic rings. The molecular formula is C12H8BrN3O4. The Morgan fingerprint density at radius 3 is 2.65 bits per heavy atom. The molecular weight excluding hydrogens is 330 g/mol. The molecule has 0 radical (unpaired) electrons. The molecule has 0 aliphatic rings. The summed E-state index contributed by atoms with van der Waals surface area (Å²) < 4.78 is 0.465. The first-order chi connectivity index (χ1) is 9.47. The van der Waals surface area contributed by atoms with E-state index >= 15 is 0 Å². The number of hydrogen-bond acceptors (Lipinski definition) is 5. The number of benzene rings is 1. The molecule has 0 spiro atoms. The van der Waals surface area contributed by atoms with Crippen LogP contribution in [0.2, 0.25) is 0 Å². The Hall–Kier alpha value is -2.48. The molecule has 0 fully saturated rings. The highest BCUT2D eigenvalue weighted by Crippen LogP contribution is 2.23. The lowest BCUT2D eigenvalue weighted by molar-refractivity contribution is -0.385. The van der Waals surface area contributed by atoms with Crippen LogP contribution in [0.3, 0.4) is 0 Å². The molecule has 0 saturated heterocycles. The largest absolute Gasteiger partial charge is 0.478 e. The molecule has 2 N–H and O–H groups in total. The average Bonchev–Trinajstić information content (AvgIpc) is 2.41. The second-order valence-corrected chi connectivity index (χ2v) is 4.64. The number of carboxylic acid groups (broad SMARTS) is 1. The fraction of sp³-hybridized carbons (Fsp3) is 0. The highest BCUT2D eigenvalue weighted by molar-refractivity contribution is 9.10. The van der Waals surface area contributed by atoms with E-state index < -0.39 is 10.9 Å². The molecule has 0 aliphatic heterocycles. The van der Waals surface area contributed by atoms with E-state index in [4.69, 9.17) is 5.11 Å². The van der Waals surface area contributed by atoms with Crippen LogP contribution >= 0.6 is 15.9 Å². The Labute approximate surface area is 121 Å². The van der Waals surface area contributed by atoms with Crippen molar-refractivity contribution in [3.05, 3.63) is 56.7 Å². The zero-order valence-electron chi connectivity index (χ0n) is 9.91. The van der Waals surface area contributed by atoms with Crippen molar-refractivity contribution >= 4 is 39.1 Å². The van der Waals surface area contributed by atoms with E-state index in [2.05, 4.69) is 26.2 Å².